The number of nitrogens with one attached hydrogen (secondary N) is 1. The lowest BCUT2D eigenvalue weighted by molar-refractivity contribution is -0.385. The second-order valence-corrected chi connectivity index (χ2v) is 8.27. The zero-order valence-corrected chi connectivity index (χ0v) is 17.2. The quantitative estimate of drug-likeness (QED) is 0.491. The molecule has 0 atom stereocenters. The average molecular weight is 421 g/mol. The number of carbonyl (C=O) groups is 1. The molecule has 0 aliphatic heterocycles. The fourth-order valence-electron chi connectivity index (χ4n) is 2.61. The van der Waals surface area contributed by atoms with Crippen molar-refractivity contribution in [2.45, 2.75) is 20.3 Å². The van der Waals surface area contributed by atoms with E-state index < -0.39 is 27.4 Å². The molecule has 0 radical (unpaired) electrons. The molecule has 9 nitrogen and oxygen atoms in total. The Kier molecular flexibility index (Phi) is 7.16. The molecule has 0 aromatic heterocycles. The summed E-state index contributed by atoms with van der Waals surface area (Å²) < 4.78 is 30.9. The molecule has 0 spiro atoms. The van der Waals surface area contributed by atoms with Gasteiger partial charge in [0, 0.05) is 6.07 Å². The van der Waals surface area contributed by atoms with Crippen molar-refractivity contribution in [1.82, 2.24) is 0 Å². The molecule has 10 heteroatoms. The van der Waals surface area contributed by atoms with Gasteiger partial charge in [-0.1, -0.05) is 13.0 Å². The van der Waals surface area contributed by atoms with Crippen molar-refractivity contribution in [3.05, 3.63) is 58.1 Å². The lowest BCUT2D eigenvalue weighted by Crippen LogP contribution is -2.37. The van der Waals surface area contributed by atoms with Crippen LogP contribution in [0.2, 0.25) is 0 Å². The fraction of sp³-hybridized carbons (Fsp3) is 0.316. The standard InChI is InChI=1S/C19H23N3O6S/c1-4-12-28-16-10-8-15(9-11-16)21(29(3,26)27)13-19(23)20-17-6-5-7-18(14(17)2)22(24)25/h5-11H,4,12-13H2,1-3H3,(H,20,23). The minimum atomic E-state index is -3.74. The molecule has 2 aromatic rings. The van der Waals surface area contributed by atoms with Gasteiger partial charge in [-0.3, -0.25) is 19.2 Å². The summed E-state index contributed by atoms with van der Waals surface area (Å²) in [6.45, 7) is 3.55. The molecule has 0 heterocycles. The number of carbonyl (C=O) groups excluding carboxylic acids is 1. The van der Waals surface area contributed by atoms with E-state index in [4.69, 9.17) is 4.74 Å². The molecule has 0 bridgehead atoms. The molecule has 29 heavy (non-hydrogen) atoms. The molecular weight excluding hydrogens is 398 g/mol. The van der Waals surface area contributed by atoms with Gasteiger partial charge in [0.2, 0.25) is 15.9 Å². The predicted molar refractivity (Wildman–Crippen MR) is 111 cm³/mol. The molecule has 0 saturated heterocycles. The highest BCUT2D eigenvalue weighted by Crippen LogP contribution is 2.26. The summed E-state index contributed by atoms with van der Waals surface area (Å²) in [6.07, 6.45) is 1.84. The van der Waals surface area contributed by atoms with Crippen molar-refractivity contribution in [2.75, 3.05) is 29.0 Å². The zero-order chi connectivity index (χ0) is 21.6. The fourth-order valence-corrected chi connectivity index (χ4v) is 3.46. The summed E-state index contributed by atoms with van der Waals surface area (Å²) in [5.74, 6) is -0.0222. The number of nitrogens with zero attached hydrogens (tertiary/aromatic N) is 2. The minimum absolute atomic E-state index is 0.134. The van der Waals surface area contributed by atoms with Gasteiger partial charge in [0.25, 0.3) is 5.69 Å². The van der Waals surface area contributed by atoms with Crippen LogP contribution >= 0.6 is 0 Å². The van der Waals surface area contributed by atoms with Crippen LogP contribution in [-0.4, -0.2) is 38.7 Å². The normalized spacial score (nSPS) is 11.0. The van der Waals surface area contributed by atoms with Gasteiger partial charge in [-0.25, -0.2) is 8.42 Å². The Labute approximate surface area is 169 Å². The van der Waals surface area contributed by atoms with Gasteiger partial charge < -0.3 is 10.1 Å². The molecule has 0 saturated carbocycles. The largest absolute Gasteiger partial charge is 0.494 e. The van der Waals surface area contributed by atoms with Crippen molar-refractivity contribution >= 4 is 33.0 Å². The number of hydrogen-bond donors (Lipinski definition) is 1. The molecule has 2 rings (SSSR count). The molecule has 156 valence electrons. The van der Waals surface area contributed by atoms with Gasteiger partial charge in [0.15, 0.2) is 0 Å². The lowest BCUT2D eigenvalue weighted by atomic mass is 10.1. The number of nitro groups is 1. The number of nitro benzene ring substituents is 1. The minimum Gasteiger partial charge on any atom is -0.494 e. The maximum Gasteiger partial charge on any atom is 0.274 e. The van der Waals surface area contributed by atoms with Crippen LogP contribution in [0.3, 0.4) is 0 Å². The van der Waals surface area contributed by atoms with E-state index in [2.05, 4.69) is 5.32 Å². The number of amides is 1. The Hall–Kier alpha value is -3.14. The first kappa shape index (κ1) is 22.2. The number of benzene rings is 2. The van der Waals surface area contributed by atoms with E-state index in [1.807, 2.05) is 6.92 Å². The highest BCUT2D eigenvalue weighted by Gasteiger charge is 2.22. The van der Waals surface area contributed by atoms with Gasteiger partial charge >= 0.3 is 0 Å². The predicted octanol–water partition coefficient (Wildman–Crippen LogP) is 3.10. The molecule has 0 fully saturated rings. The molecule has 1 N–H and O–H groups in total. The summed E-state index contributed by atoms with van der Waals surface area (Å²) in [4.78, 5) is 23.0. The van der Waals surface area contributed by atoms with Crippen molar-refractivity contribution < 1.29 is 22.9 Å². The first-order chi connectivity index (χ1) is 13.6. The SMILES string of the molecule is CCCOc1ccc(N(CC(=O)Nc2cccc([N+](=O)[O-])c2C)S(C)(=O)=O)cc1. The molecule has 0 aliphatic rings. The Bertz CT molecular complexity index is 990. The van der Waals surface area contributed by atoms with Crippen molar-refractivity contribution in [1.29, 1.82) is 0 Å². The van der Waals surface area contributed by atoms with E-state index in [0.717, 1.165) is 17.0 Å². The van der Waals surface area contributed by atoms with Crippen LogP contribution in [0.15, 0.2) is 42.5 Å². The van der Waals surface area contributed by atoms with Crippen LogP contribution in [0.25, 0.3) is 0 Å². The Balaban J connectivity index is 2.20. The smallest absolute Gasteiger partial charge is 0.274 e. The van der Waals surface area contributed by atoms with E-state index >= 15 is 0 Å². The molecular formula is C19H23N3O6S. The van der Waals surface area contributed by atoms with E-state index in [0.29, 0.717) is 18.0 Å². The van der Waals surface area contributed by atoms with Crippen LogP contribution in [0.1, 0.15) is 18.9 Å². The van der Waals surface area contributed by atoms with E-state index in [1.165, 1.54) is 25.1 Å². The third-order valence-electron chi connectivity index (χ3n) is 4.06. The van der Waals surface area contributed by atoms with E-state index in [9.17, 15) is 23.3 Å². The van der Waals surface area contributed by atoms with Gasteiger partial charge in [0.05, 0.1) is 34.7 Å². The van der Waals surface area contributed by atoms with Crippen LogP contribution in [0, 0.1) is 17.0 Å². The summed E-state index contributed by atoms with van der Waals surface area (Å²) in [6, 6.07) is 10.7. The van der Waals surface area contributed by atoms with Gasteiger partial charge in [-0.2, -0.15) is 0 Å². The van der Waals surface area contributed by atoms with E-state index in [-0.39, 0.29) is 16.9 Å². The van der Waals surface area contributed by atoms with Crippen LogP contribution < -0.4 is 14.4 Å². The van der Waals surface area contributed by atoms with Crippen molar-refractivity contribution in [3.8, 4) is 5.75 Å². The number of hydrogen-bond acceptors (Lipinski definition) is 6. The molecule has 0 unspecified atom stereocenters. The highest BCUT2D eigenvalue weighted by atomic mass is 32.2. The van der Waals surface area contributed by atoms with Crippen LogP contribution in [0.5, 0.6) is 5.75 Å². The van der Waals surface area contributed by atoms with Crippen molar-refractivity contribution in [2.24, 2.45) is 0 Å². The van der Waals surface area contributed by atoms with Crippen LogP contribution in [0.4, 0.5) is 17.1 Å². The Morgan fingerprint density at radius 2 is 1.86 bits per heavy atom. The average Bonchev–Trinajstić information content (AvgIpc) is 2.65. The second kappa shape index (κ2) is 9.37. The van der Waals surface area contributed by atoms with Crippen LogP contribution in [-0.2, 0) is 14.8 Å². The summed E-state index contributed by atoms with van der Waals surface area (Å²) in [5, 5.41) is 13.6. The summed E-state index contributed by atoms with van der Waals surface area (Å²) in [7, 11) is -3.74. The first-order valence-corrected chi connectivity index (χ1v) is 10.7. The van der Waals surface area contributed by atoms with Crippen molar-refractivity contribution in [3.63, 3.8) is 0 Å². The first-order valence-electron chi connectivity index (χ1n) is 8.88. The zero-order valence-electron chi connectivity index (χ0n) is 16.4. The maximum atomic E-state index is 12.5. The molecule has 1 amide bonds. The molecule has 0 aliphatic carbocycles. The topological polar surface area (TPSA) is 119 Å². The van der Waals surface area contributed by atoms with Gasteiger partial charge in [-0.05, 0) is 43.7 Å². The Morgan fingerprint density at radius 1 is 1.21 bits per heavy atom. The number of ether oxygens (including phenoxy) is 1. The third kappa shape index (κ3) is 5.92. The summed E-state index contributed by atoms with van der Waals surface area (Å²) >= 11 is 0. The van der Waals surface area contributed by atoms with Gasteiger partial charge in [0.1, 0.15) is 12.3 Å². The van der Waals surface area contributed by atoms with Gasteiger partial charge in [-0.15, -0.1) is 0 Å². The lowest BCUT2D eigenvalue weighted by Gasteiger charge is -2.22. The number of anilines is 2. The number of rotatable bonds is 9. The number of sulfonamides is 1. The maximum absolute atomic E-state index is 12.5. The monoisotopic (exact) mass is 421 g/mol. The third-order valence-corrected chi connectivity index (χ3v) is 5.20. The van der Waals surface area contributed by atoms with E-state index in [1.54, 1.807) is 24.3 Å². The Morgan fingerprint density at radius 3 is 2.41 bits per heavy atom. The second-order valence-electron chi connectivity index (χ2n) is 6.37. The summed E-state index contributed by atoms with van der Waals surface area (Å²) in [5.41, 5.74) is 0.711. The molecule has 2 aromatic carbocycles. The highest BCUT2D eigenvalue weighted by molar-refractivity contribution is 7.92.